The average Bonchev–Trinajstić information content (AvgIpc) is 3.09. The zero-order valence-corrected chi connectivity index (χ0v) is 11.1. The van der Waals surface area contributed by atoms with E-state index in [1.54, 1.807) is 0 Å². The first-order valence-electron chi connectivity index (χ1n) is 6.88. The molecule has 0 aliphatic heterocycles. The van der Waals surface area contributed by atoms with Gasteiger partial charge in [-0.05, 0) is 32.6 Å². The highest BCUT2D eigenvalue weighted by Gasteiger charge is 2.33. The van der Waals surface area contributed by atoms with Crippen molar-refractivity contribution in [2.75, 3.05) is 0 Å². The number of carbonyl (C=O) groups is 3. The zero-order valence-electron chi connectivity index (χ0n) is 11.1. The van der Waals surface area contributed by atoms with Crippen LogP contribution in [0.4, 0.5) is 4.79 Å². The third-order valence-electron chi connectivity index (χ3n) is 3.50. The van der Waals surface area contributed by atoms with Crippen molar-refractivity contribution in [1.29, 1.82) is 0 Å². The van der Waals surface area contributed by atoms with Crippen LogP contribution in [0.2, 0.25) is 0 Å². The Kier molecular flexibility index (Phi) is 4.39. The minimum atomic E-state index is -0.928. The van der Waals surface area contributed by atoms with Crippen LogP contribution in [0, 0.1) is 5.92 Å². The lowest BCUT2D eigenvalue weighted by Gasteiger charge is -2.15. The third kappa shape index (κ3) is 4.22. The molecule has 0 unspecified atom stereocenters. The lowest BCUT2D eigenvalue weighted by molar-refractivity contribution is -0.155. The molecule has 0 aromatic carbocycles. The molecular formula is C13H20N2O4. The van der Waals surface area contributed by atoms with Crippen LogP contribution >= 0.6 is 0 Å². The van der Waals surface area contributed by atoms with Crippen molar-refractivity contribution in [3.8, 4) is 0 Å². The van der Waals surface area contributed by atoms with Gasteiger partial charge in [0.05, 0.1) is 5.92 Å². The van der Waals surface area contributed by atoms with Crippen LogP contribution in [-0.4, -0.2) is 30.1 Å². The molecule has 106 valence electrons. The number of ether oxygens (including phenoxy) is 1. The maximum atomic E-state index is 11.7. The summed E-state index contributed by atoms with van der Waals surface area (Å²) in [6, 6.07) is -0.358. The Labute approximate surface area is 112 Å². The predicted octanol–water partition coefficient (Wildman–Crippen LogP) is 1.10. The van der Waals surface area contributed by atoms with Gasteiger partial charge in [0.1, 0.15) is 0 Å². The number of carbonyl (C=O) groups excluding carboxylic acids is 3. The van der Waals surface area contributed by atoms with Crippen molar-refractivity contribution in [3.63, 3.8) is 0 Å². The maximum Gasteiger partial charge on any atom is 0.321 e. The molecule has 3 amide bonds. The Morgan fingerprint density at radius 3 is 2.32 bits per heavy atom. The quantitative estimate of drug-likeness (QED) is 0.748. The molecule has 0 aromatic rings. The molecule has 6 heteroatoms. The molecule has 2 saturated carbocycles. The first-order chi connectivity index (χ1) is 9.06. The molecule has 0 spiro atoms. The molecule has 2 aliphatic carbocycles. The minimum Gasteiger partial charge on any atom is -0.452 e. The summed E-state index contributed by atoms with van der Waals surface area (Å²) in [6.07, 6.45) is 4.84. The molecule has 0 radical (unpaired) electrons. The Bertz CT molecular complexity index is 373. The summed E-state index contributed by atoms with van der Waals surface area (Å²) in [7, 11) is 0. The Morgan fingerprint density at radius 1 is 1.11 bits per heavy atom. The van der Waals surface area contributed by atoms with Crippen LogP contribution in [-0.2, 0) is 14.3 Å². The van der Waals surface area contributed by atoms with Crippen molar-refractivity contribution >= 4 is 17.9 Å². The minimum absolute atomic E-state index is 0.0532. The van der Waals surface area contributed by atoms with Gasteiger partial charge >= 0.3 is 12.0 Å². The summed E-state index contributed by atoms with van der Waals surface area (Å²) >= 11 is 0. The number of amides is 3. The van der Waals surface area contributed by atoms with Crippen molar-refractivity contribution in [2.45, 2.75) is 57.6 Å². The van der Waals surface area contributed by atoms with E-state index in [0.717, 1.165) is 38.5 Å². The summed E-state index contributed by atoms with van der Waals surface area (Å²) in [5.41, 5.74) is 0. The van der Waals surface area contributed by atoms with Crippen molar-refractivity contribution in [2.24, 2.45) is 5.92 Å². The molecular weight excluding hydrogens is 248 g/mol. The zero-order chi connectivity index (χ0) is 13.8. The van der Waals surface area contributed by atoms with E-state index in [-0.39, 0.29) is 17.9 Å². The molecule has 0 bridgehead atoms. The lowest BCUT2D eigenvalue weighted by Crippen LogP contribution is -2.47. The van der Waals surface area contributed by atoms with Gasteiger partial charge in [0.15, 0.2) is 6.10 Å². The third-order valence-corrected chi connectivity index (χ3v) is 3.50. The Morgan fingerprint density at radius 2 is 1.74 bits per heavy atom. The monoisotopic (exact) mass is 268 g/mol. The van der Waals surface area contributed by atoms with Gasteiger partial charge in [-0.25, -0.2) is 4.79 Å². The number of rotatable bonds is 4. The fourth-order valence-corrected chi connectivity index (χ4v) is 2.15. The van der Waals surface area contributed by atoms with Crippen molar-refractivity contribution in [1.82, 2.24) is 10.6 Å². The number of urea groups is 1. The van der Waals surface area contributed by atoms with E-state index in [0.29, 0.717) is 0 Å². The highest BCUT2D eigenvalue weighted by atomic mass is 16.5. The van der Waals surface area contributed by atoms with Crippen molar-refractivity contribution < 1.29 is 19.1 Å². The van der Waals surface area contributed by atoms with Crippen LogP contribution in [0.5, 0.6) is 0 Å². The van der Waals surface area contributed by atoms with Gasteiger partial charge in [-0.3, -0.25) is 14.9 Å². The molecule has 19 heavy (non-hydrogen) atoms. The van der Waals surface area contributed by atoms with E-state index in [2.05, 4.69) is 10.6 Å². The van der Waals surface area contributed by atoms with Crippen LogP contribution in [0.3, 0.4) is 0 Å². The molecule has 0 aromatic heterocycles. The molecule has 2 N–H and O–H groups in total. The van der Waals surface area contributed by atoms with Gasteiger partial charge in [0.2, 0.25) is 0 Å². The van der Waals surface area contributed by atoms with Gasteiger partial charge < -0.3 is 10.1 Å². The van der Waals surface area contributed by atoms with E-state index >= 15 is 0 Å². The smallest absolute Gasteiger partial charge is 0.321 e. The molecule has 1 atom stereocenters. The number of imide groups is 1. The molecule has 0 heterocycles. The second-order valence-electron chi connectivity index (χ2n) is 5.30. The van der Waals surface area contributed by atoms with Crippen LogP contribution < -0.4 is 10.6 Å². The first-order valence-corrected chi connectivity index (χ1v) is 6.88. The molecule has 6 nitrogen and oxygen atoms in total. The second kappa shape index (κ2) is 6.04. The number of esters is 1. The Balaban J connectivity index is 1.69. The Hall–Kier alpha value is -1.59. The highest BCUT2D eigenvalue weighted by molar-refractivity contribution is 5.97. The SMILES string of the molecule is C[C@@H](OC(=O)C1CC1)C(=O)NC(=O)NC1CCCC1. The molecule has 0 saturated heterocycles. The fraction of sp³-hybridized carbons (Fsp3) is 0.769. The van der Waals surface area contributed by atoms with E-state index < -0.39 is 18.0 Å². The first kappa shape index (κ1) is 13.8. The van der Waals surface area contributed by atoms with Gasteiger partial charge in [-0.15, -0.1) is 0 Å². The van der Waals surface area contributed by atoms with E-state index in [1.165, 1.54) is 6.92 Å². The van der Waals surface area contributed by atoms with E-state index in [1.807, 2.05) is 0 Å². The average molecular weight is 268 g/mol. The van der Waals surface area contributed by atoms with Crippen LogP contribution in [0.1, 0.15) is 45.4 Å². The van der Waals surface area contributed by atoms with Gasteiger partial charge in [-0.2, -0.15) is 0 Å². The number of nitrogens with one attached hydrogen (secondary N) is 2. The fourth-order valence-electron chi connectivity index (χ4n) is 2.15. The summed E-state index contributed by atoms with van der Waals surface area (Å²) in [6.45, 7) is 1.47. The van der Waals surface area contributed by atoms with E-state index in [4.69, 9.17) is 4.74 Å². The normalized spacial score (nSPS) is 20.7. The number of hydrogen-bond donors (Lipinski definition) is 2. The lowest BCUT2D eigenvalue weighted by atomic mass is 10.2. The molecule has 2 aliphatic rings. The topological polar surface area (TPSA) is 84.5 Å². The summed E-state index contributed by atoms with van der Waals surface area (Å²) in [5.74, 6) is -0.981. The van der Waals surface area contributed by atoms with Gasteiger partial charge in [0, 0.05) is 6.04 Å². The highest BCUT2D eigenvalue weighted by Crippen LogP contribution is 2.30. The predicted molar refractivity (Wildman–Crippen MR) is 67.2 cm³/mol. The van der Waals surface area contributed by atoms with Gasteiger partial charge in [-0.1, -0.05) is 12.8 Å². The van der Waals surface area contributed by atoms with Crippen LogP contribution in [0.25, 0.3) is 0 Å². The standard InChI is InChI=1S/C13H20N2O4/c1-8(19-12(17)9-6-7-9)11(16)15-13(18)14-10-4-2-3-5-10/h8-10H,2-7H2,1H3,(H2,14,15,16,18)/t8-/m1/s1. The maximum absolute atomic E-state index is 11.7. The molecule has 2 rings (SSSR count). The largest absolute Gasteiger partial charge is 0.452 e. The summed E-state index contributed by atoms with van der Waals surface area (Å²) in [5, 5.41) is 4.95. The number of hydrogen-bond acceptors (Lipinski definition) is 4. The molecule has 2 fully saturated rings. The summed E-state index contributed by atoms with van der Waals surface area (Å²) < 4.78 is 4.98. The summed E-state index contributed by atoms with van der Waals surface area (Å²) in [4.78, 5) is 34.6. The van der Waals surface area contributed by atoms with Gasteiger partial charge in [0.25, 0.3) is 5.91 Å². The van der Waals surface area contributed by atoms with E-state index in [9.17, 15) is 14.4 Å². The van der Waals surface area contributed by atoms with Crippen molar-refractivity contribution in [3.05, 3.63) is 0 Å². The van der Waals surface area contributed by atoms with Crippen LogP contribution in [0.15, 0.2) is 0 Å². The second-order valence-corrected chi connectivity index (χ2v) is 5.30.